The number of hydrogen-bond donors (Lipinski definition) is 3. The van der Waals surface area contributed by atoms with E-state index in [2.05, 4.69) is 5.32 Å². The number of carbonyl (C=O) groups excluding carboxylic acids is 4. The third kappa shape index (κ3) is 9.39. The lowest BCUT2D eigenvalue weighted by atomic mass is 9.87. The van der Waals surface area contributed by atoms with Crippen molar-refractivity contribution in [2.45, 2.75) is 57.4 Å². The molecule has 0 saturated carbocycles. The van der Waals surface area contributed by atoms with Crippen LogP contribution in [-0.4, -0.2) is 77.5 Å². The molecule has 10 nitrogen and oxygen atoms in total. The summed E-state index contributed by atoms with van der Waals surface area (Å²) in [5.41, 5.74) is 1.16. The Bertz CT molecular complexity index is 1390. The third-order valence-electron chi connectivity index (χ3n) is 6.85. The van der Waals surface area contributed by atoms with Gasteiger partial charge < -0.3 is 34.7 Å². The first-order chi connectivity index (χ1) is 20.5. The second-order valence-electron chi connectivity index (χ2n) is 9.98. The number of halogens is 3. The summed E-state index contributed by atoms with van der Waals surface area (Å²) >= 11 is 14.5. The van der Waals surface area contributed by atoms with Gasteiger partial charge in [0.25, 0.3) is 0 Å². The Balaban J connectivity index is 2.06. The summed E-state index contributed by atoms with van der Waals surface area (Å²) in [7, 11) is 1.41. The molecule has 0 aliphatic heterocycles. The largest absolute Gasteiger partial charge is 0.493 e. The number of hydrogen-bond acceptors (Lipinski definition) is 8. The number of aliphatic hydroxyl groups is 2. The minimum Gasteiger partial charge on any atom is -0.493 e. The van der Waals surface area contributed by atoms with Crippen molar-refractivity contribution in [2.75, 3.05) is 20.3 Å². The maximum absolute atomic E-state index is 13.7. The molecule has 0 radical (unpaired) electrons. The van der Waals surface area contributed by atoms with E-state index in [1.807, 2.05) is 22.6 Å². The first-order valence-corrected chi connectivity index (χ1v) is 15.3. The van der Waals surface area contributed by atoms with Crippen molar-refractivity contribution < 1.29 is 38.9 Å². The van der Waals surface area contributed by atoms with Gasteiger partial charge in [-0.05, 0) is 71.8 Å². The molecule has 3 N–H and O–H groups in total. The van der Waals surface area contributed by atoms with Crippen LogP contribution in [0.25, 0.3) is 0 Å². The zero-order valence-corrected chi connectivity index (χ0v) is 27.3. The molecule has 0 saturated heterocycles. The molecule has 3 unspecified atom stereocenters. The van der Waals surface area contributed by atoms with Gasteiger partial charge in [0.05, 0.1) is 23.3 Å². The fourth-order valence-electron chi connectivity index (χ4n) is 4.69. The molecule has 0 spiro atoms. The van der Waals surface area contributed by atoms with Gasteiger partial charge in [-0.15, -0.1) is 0 Å². The summed E-state index contributed by atoms with van der Waals surface area (Å²) in [5, 5.41) is 24.3. The van der Waals surface area contributed by atoms with Crippen molar-refractivity contribution in [3.05, 3.63) is 66.7 Å². The molecule has 2 amide bonds. The molecule has 0 heterocycles. The standard InChI is InChI=1S/C30H33Cl2IN2O8/c1-17(38)4-3-5-27(39)35(15-19-6-7-21(31)14-22(19)32)24-12-20(30(41)34-8-9-36)13-25(28(24)40)43-29-23(33)10-18(16-37)11-26(29)42-2/h6-7,10-11,13-14,16,24-25,28,36,40H,3-5,8-9,12,15H2,1-2H3,(H,34,41). The lowest BCUT2D eigenvalue weighted by Crippen LogP contribution is -2.54. The first-order valence-electron chi connectivity index (χ1n) is 13.5. The van der Waals surface area contributed by atoms with Gasteiger partial charge in [-0.3, -0.25) is 14.4 Å². The lowest BCUT2D eigenvalue weighted by molar-refractivity contribution is -0.139. The molecule has 3 rings (SSSR count). The predicted molar refractivity (Wildman–Crippen MR) is 170 cm³/mol. The monoisotopic (exact) mass is 746 g/mol. The van der Waals surface area contributed by atoms with Gasteiger partial charge in [0.15, 0.2) is 11.5 Å². The highest BCUT2D eigenvalue weighted by atomic mass is 127. The highest BCUT2D eigenvalue weighted by molar-refractivity contribution is 14.1. The van der Waals surface area contributed by atoms with E-state index >= 15 is 0 Å². The van der Waals surface area contributed by atoms with E-state index < -0.39 is 24.2 Å². The van der Waals surface area contributed by atoms with Crippen LogP contribution in [0.15, 0.2) is 42.0 Å². The number of aldehydes is 1. The lowest BCUT2D eigenvalue weighted by Gasteiger charge is -2.41. The molecule has 0 fully saturated rings. The van der Waals surface area contributed by atoms with E-state index in [1.165, 1.54) is 31.1 Å². The molecule has 3 atom stereocenters. The number of ether oxygens (including phenoxy) is 2. The topological polar surface area (TPSA) is 142 Å². The van der Waals surface area contributed by atoms with Crippen LogP contribution in [0, 0.1) is 3.57 Å². The van der Waals surface area contributed by atoms with E-state index in [0.29, 0.717) is 37.4 Å². The molecule has 2 aromatic rings. The number of methoxy groups -OCH3 is 1. The van der Waals surface area contributed by atoms with E-state index in [9.17, 15) is 29.4 Å². The minimum absolute atomic E-state index is 0.00186. The van der Waals surface area contributed by atoms with Gasteiger partial charge >= 0.3 is 0 Å². The molecule has 1 aliphatic rings. The number of nitrogens with zero attached hydrogens (tertiary/aromatic N) is 1. The molecular formula is C30H33Cl2IN2O8. The third-order valence-corrected chi connectivity index (χ3v) is 8.24. The summed E-state index contributed by atoms with van der Waals surface area (Å²) in [6, 6.07) is 6.99. The Kier molecular flexibility index (Phi) is 13.3. The Morgan fingerprint density at radius 2 is 1.93 bits per heavy atom. The van der Waals surface area contributed by atoms with E-state index in [4.69, 9.17) is 32.7 Å². The maximum Gasteiger partial charge on any atom is 0.247 e. The number of rotatable bonds is 14. The quantitative estimate of drug-likeness (QED) is 0.194. The van der Waals surface area contributed by atoms with Crippen molar-refractivity contribution in [1.82, 2.24) is 10.2 Å². The normalized spacial score (nSPS) is 17.9. The molecule has 0 bridgehead atoms. The van der Waals surface area contributed by atoms with Crippen LogP contribution >= 0.6 is 45.8 Å². The Labute approximate surface area is 273 Å². The SMILES string of the molecule is COc1cc(C=O)cc(I)c1OC1C=C(C(=O)NCCO)CC(N(Cc2ccc(Cl)cc2Cl)C(=O)CCCC(C)=O)C1O. The molecular weight excluding hydrogens is 714 g/mol. The average molecular weight is 747 g/mol. The first kappa shape index (κ1) is 34.8. The molecule has 0 aromatic heterocycles. The number of nitrogens with one attached hydrogen (secondary N) is 1. The second-order valence-corrected chi connectivity index (χ2v) is 12.0. The fraction of sp³-hybridized carbons (Fsp3) is 0.400. The van der Waals surface area contributed by atoms with Crippen molar-refractivity contribution in [3.63, 3.8) is 0 Å². The Hall–Kier alpha value is -2.71. The van der Waals surface area contributed by atoms with Crippen molar-refractivity contribution in [1.29, 1.82) is 0 Å². The fourth-order valence-corrected chi connectivity index (χ4v) is 5.91. The number of amides is 2. The molecule has 43 heavy (non-hydrogen) atoms. The number of Topliss-reactive ketones (excluding diaryl/α,β-unsaturated/α-hetero) is 1. The summed E-state index contributed by atoms with van der Waals surface area (Å²) in [6.07, 6.45) is 0.221. The summed E-state index contributed by atoms with van der Waals surface area (Å²) in [4.78, 5) is 51.2. The van der Waals surface area contributed by atoms with Gasteiger partial charge in [0.1, 0.15) is 24.3 Å². The zero-order valence-electron chi connectivity index (χ0n) is 23.6. The average Bonchev–Trinajstić information content (AvgIpc) is 2.97. The zero-order chi connectivity index (χ0) is 31.7. The summed E-state index contributed by atoms with van der Waals surface area (Å²) in [6.45, 7) is 1.16. The minimum atomic E-state index is -1.32. The highest BCUT2D eigenvalue weighted by Crippen LogP contribution is 2.37. The van der Waals surface area contributed by atoms with E-state index in [0.717, 1.165) is 0 Å². The van der Waals surface area contributed by atoms with E-state index in [1.54, 1.807) is 24.3 Å². The summed E-state index contributed by atoms with van der Waals surface area (Å²) in [5.74, 6) is -0.417. The summed E-state index contributed by atoms with van der Waals surface area (Å²) < 4.78 is 12.2. The van der Waals surface area contributed by atoms with Crippen LogP contribution in [0.5, 0.6) is 11.5 Å². The van der Waals surface area contributed by atoms with Crippen LogP contribution in [0.4, 0.5) is 0 Å². The predicted octanol–water partition coefficient (Wildman–Crippen LogP) is 4.12. The van der Waals surface area contributed by atoms with Gasteiger partial charge in [-0.25, -0.2) is 0 Å². The maximum atomic E-state index is 13.7. The Morgan fingerprint density at radius 1 is 1.19 bits per heavy atom. The Morgan fingerprint density at radius 3 is 2.56 bits per heavy atom. The van der Waals surface area contributed by atoms with Crippen LogP contribution in [0.1, 0.15) is 48.5 Å². The number of aliphatic hydroxyl groups excluding tert-OH is 2. The molecule has 2 aromatic carbocycles. The van der Waals surface area contributed by atoms with Gasteiger partial charge in [0, 0.05) is 53.5 Å². The molecule has 13 heteroatoms. The van der Waals surface area contributed by atoms with Crippen LogP contribution in [0.3, 0.4) is 0 Å². The second kappa shape index (κ2) is 16.4. The smallest absolute Gasteiger partial charge is 0.247 e. The van der Waals surface area contributed by atoms with Gasteiger partial charge in [-0.2, -0.15) is 0 Å². The van der Waals surface area contributed by atoms with Crippen LogP contribution in [-0.2, 0) is 20.9 Å². The van der Waals surface area contributed by atoms with Crippen molar-refractivity contribution >= 4 is 69.7 Å². The number of carbonyl (C=O) groups is 4. The van der Waals surface area contributed by atoms with Gasteiger partial charge in [0.2, 0.25) is 11.8 Å². The van der Waals surface area contributed by atoms with Crippen molar-refractivity contribution in [2.24, 2.45) is 0 Å². The molecule has 1 aliphatic carbocycles. The number of ketones is 1. The van der Waals surface area contributed by atoms with Gasteiger partial charge in [-0.1, -0.05) is 29.3 Å². The highest BCUT2D eigenvalue weighted by Gasteiger charge is 2.41. The van der Waals surface area contributed by atoms with Crippen LogP contribution < -0.4 is 14.8 Å². The van der Waals surface area contributed by atoms with E-state index in [-0.39, 0.29) is 67.7 Å². The number of benzene rings is 2. The molecule has 232 valence electrons. The van der Waals surface area contributed by atoms with Crippen LogP contribution in [0.2, 0.25) is 10.0 Å². The van der Waals surface area contributed by atoms with Crippen molar-refractivity contribution in [3.8, 4) is 11.5 Å².